The minimum atomic E-state index is -0.139. The fourth-order valence-electron chi connectivity index (χ4n) is 1.71. The molecule has 0 atom stereocenters. The number of hydrogen-bond acceptors (Lipinski definition) is 2. The first-order chi connectivity index (χ1) is 7.75. The van der Waals surface area contributed by atoms with E-state index < -0.39 is 0 Å². The van der Waals surface area contributed by atoms with Crippen LogP contribution < -0.4 is 10.2 Å². The van der Waals surface area contributed by atoms with Gasteiger partial charge in [0.1, 0.15) is 5.82 Å². The van der Waals surface area contributed by atoms with Crippen LogP contribution in [-0.4, -0.2) is 27.2 Å². The van der Waals surface area contributed by atoms with Crippen LogP contribution in [0, 0.1) is 5.82 Å². The highest BCUT2D eigenvalue weighted by atomic mass is 19.1. The zero-order valence-corrected chi connectivity index (χ0v) is 10.2. The van der Waals surface area contributed by atoms with Gasteiger partial charge in [-0.15, -0.1) is 0 Å². The number of halogens is 1. The molecule has 1 rings (SSSR count). The maximum Gasteiger partial charge on any atom is 0.146 e. The largest absolute Gasteiger partial charge is 0.372 e. The van der Waals surface area contributed by atoms with Crippen molar-refractivity contribution in [2.45, 2.75) is 19.3 Å². The Morgan fingerprint density at radius 2 is 1.94 bits per heavy atom. The lowest BCUT2D eigenvalue weighted by molar-refractivity contribution is 0.610. The molecular weight excluding hydrogens is 203 g/mol. The third-order valence-corrected chi connectivity index (χ3v) is 2.68. The molecule has 90 valence electrons. The molecule has 3 heteroatoms. The third-order valence-electron chi connectivity index (χ3n) is 2.68. The van der Waals surface area contributed by atoms with Crippen molar-refractivity contribution in [2.75, 3.05) is 32.1 Å². The first-order valence-electron chi connectivity index (χ1n) is 5.86. The predicted octanol–water partition coefficient (Wildman–Crippen LogP) is 2.65. The van der Waals surface area contributed by atoms with E-state index in [0.717, 1.165) is 19.5 Å². The molecule has 2 nitrogen and oxygen atoms in total. The molecule has 1 N–H and O–H groups in total. The molecule has 0 saturated heterocycles. The summed E-state index contributed by atoms with van der Waals surface area (Å²) in [7, 11) is 3.90. The Kier molecular flexibility index (Phi) is 5.86. The van der Waals surface area contributed by atoms with Gasteiger partial charge in [-0.25, -0.2) is 4.39 Å². The number of anilines is 1. The van der Waals surface area contributed by atoms with E-state index in [9.17, 15) is 4.39 Å². The highest BCUT2D eigenvalue weighted by molar-refractivity contribution is 5.46. The Morgan fingerprint density at radius 3 is 2.62 bits per heavy atom. The summed E-state index contributed by atoms with van der Waals surface area (Å²) >= 11 is 0. The van der Waals surface area contributed by atoms with Gasteiger partial charge in [0.2, 0.25) is 0 Å². The first kappa shape index (κ1) is 13.0. The van der Waals surface area contributed by atoms with E-state index in [2.05, 4.69) is 5.32 Å². The number of benzene rings is 1. The summed E-state index contributed by atoms with van der Waals surface area (Å²) in [6, 6.07) is 6.92. The fourth-order valence-corrected chi connectivity index (χ4v) is 1.71. The summed E-state index contributed by atoms with van der Waals surface area (Å²) in [6.45, 7) is 1.97. The van der Waals surface area contributed by atoms with Gasteiger partial charge in [-0.3, -0.25) is 0 Å². The van der Waals surface area contributed by atoms with E-state index in [4.69, 9.17) is 0 Å². The van der Waals surface area contributed by atoms with E-state index in [-0.39, 0.29) is 5.82 Å². The molecule has 0 unspecified atom stereocenters. The molecule has 0 amide bonds. The van der Waals surface area contributed by atoms with Gasteiger partial charge in [-0.1, -0.05) is 18.6 Å². The maximum atomic E-state index is 13.4. The Morgan fingerprint density at radius 1 is 1.19 bits per heavy atom. The van der Waals surface area contributed by atoms with Gasteiger partial charge in [0, 0.05) is 13.6 Å². The zero-order valence-electron chi connectivity index (χ0n) is 10.2. The van der Waals surface area contributed by atoms with Crippen LogP contribution in [0.25, 0.3) is 0 Å². The fraction of sp³-hybridized carbons (Fsp3) is 0.538. The van der Waals surface area contributed by atoms with Crippen molar-refractivity contribution >= 4 is 5.69 Å². The van der Waals surface area contributed by atoms with Crippen LogP contribution in [0.15, 0.2) is 24.3 Å². The van der Waals surface area contributed by atoms with Crippen molar-refractivity contribution in [3.8, 4) is 0 Å². The van der Waals surface area contributed by atoms with Gasteiger partial charge >= 0.3 is 0 Å². The van der Waals surface area contributed by atoms with E-state index in [1.165, 1.54) is 18.9 Å². The third kappa shape index (κ3) is 4.19. The van der Waals surface area contributed by atoms with Gasteiger partial charge in [0.05, 0.1) is 5.69 Å². The Balaban J connectivity index is 2.30. The van der Waals surface area contributed by atoms with Crippen LogP contribution in [0.1, 0.15) is 19.3 Å². The first-order valence-corrected chi connectivity index (χ1v) is 5.86. The second-order valence-corrected chi connectivity index (χ2v) is 4.04. The van der Waals surface area contributed by atoms with Gasteiger partial charge in [-0.2, -0.15) is 0 Å². The molecule has 1 aromatic carbocycles. The monoisotopic (exact) mass is 224 g/mol. The second kappa shape index (κ2) is 7.23. The number of rotatable bonds is 7. The summed E-state index contributed by atoms with van der Waals surface area (Å²) in [4.78, 5) is 1.98. The smallest absolute Gasteiger partial charge is 0.146 e. The van der Waals surface area contributed by atoms with Gasteiger partial charge in [-0.05, 0) is 38.6 Å². The molecule has 0 heterocycles. The van der Waals surface area contributed by atoms with E-state index in [1.807, 2.05) is 31.1 Å². The molecule has 0 saturated carbocycles. The average Bonchev–Trinajstić information content (AvgIpc) is 2.29. The van der Waals surface area contributed by atoms with Crippen LogP contribution in [-0.2, 0) is 0 Å². The average molecular weight is 224 g/mol. The molecule has 0 aliphatic rings. The lowest BCUT2D eigenvalue weighted by atomic mass is 10.2. The molecule has 0 spiro atoms. The molecular formula is C13H21FN2. The maximum absolute atomic E-state index is 13.4. The lowest BCUT2D eigenvalue weighted by Gasteiger charge is -2.19. The summed E-state index contributed by atoms with van der Waals surface area (Å²) in [5.41, 5.74) is 0.691. The van der Waals surface area contributed by atoms with Gasteiger partial charge in [0.15, 0.2) is 0 Å². The Hall–Kier alpha value is -1.09. The van der Waals surface area contributed by atoms with Crippen molar-refractivity contribution in [2.24, 2.45) is 0 Å². The second-order valence-electron chi connectivity index (χ2n) is 4.04. The summed E-state index contributed by atoms with van der Waals surface area (Å²) in [6.07, 6.45) is 3.47. The van der Waals surface area contributed by atoms with Crippen LogP contribution in [0.3, 0.4) is 0 Å². The quantitative estimate of drug-likeness (QED) is 0.716. The Bertz CT molecular complexity index is 302. The molecule has 0 aliphatic heterocycles. The van der Waals surface area contributed by atoms with Crippen molar-refractivity contribution in [1.82, 2.24) is 5.32 Å². The molecule has 0 fully saturated rings. The number of nitrogens with one attached hydrogen (secondary N) is 1. The number of nitrogens with zero attached hydrogens (tertiary/aromatic N) is 1. The number of hydrogen-bond donors (Lipinski definition) is 1. The Labute approximate surface area is 97.5 Å². The van der Waals surface area contributed by atoms with Gasteiger partial charge in [0.25, 0.3) is 0 Å². The molecule has 0 aliphatic carbocycles. The minimum absolute atomic E-state index is 0.139. The standard InChI is InChI=1S/C13H21FN2/c1-15-10-6-3-7-11-16(2)13-9-5-4-8-12(13)14/h4-5,8-9,15H,3,6-7,10-11H2,1-2H3. The lowest BCUT2D eigenvalue weighted by Crippen LogP contribution is -2.19. The topological polar surface area (TPSA) is 15.3 Å². The highest BCUT2D eigenvalue weighted by Crippen LogP contribution is 2.17. The van der Waals surface area contributed by atoms with Gasteiger partial charge < -0.3 is 10.2 Å². The van der Waals surface area contributed by atoms with Crippen molar-refractivity contribution in [1.29, 1.82) is 0 Å². The summed E-state index contributed by atoms with van der Waals surface area (Å²) in [5, 5.41) is 3.12. The summed E-state index contributed by atoms with van der Waals surface area (Å²) < 4.78 is 13.4. The normalized spacial score (nSPS) is 10.4. The van der Waals surface area contributed by atoms with Crippen molar-refractivity contribution in [3.63, 3.8) is 0 Å². The van der Waals surface area contributed by atoms with E-state index in [1.54, 1.807) is 6.07 Å². The zero-order chi connectivity index (χ0) is 11.8. The SMILES string of the molecule is CNCCCCCN(C)c1ccccc1F. The molecule has 0 radical (unpaired) electrons. The molecule has 1 aromatic rings. The van der Waals surface area contributed by atoms with Crippen LogP contribution in [0.5, 0.6) is 0 Å². The van der Waals surface area contributed by atoms with Crippen LogP contribution in [0.2, 0.25) is 0 Å². The van der Waals surface area contributed by atoms with E-state index in [0.29, 0.717) is 5.69 Å². The molecule has 0 aromatic heterocycles. The molecule has 16 heavy (non-hydrogen) atoms. The number of para-hydroxylation sites is 1. The van der Waals surface area contributed by atoms with Crippen molar-refractivity contribution in [3.05, 3.63) is 30.1 Å². The van der Waals surface area contributed by atoms with Crippen LogP contribution >= 0.6 is 0 Å². The van der Waals surface area contributed by atoms with Crippen molar-refractivity contribution < 1.29 is 4.39 Å². The minimum Gasteiger partial charge on any atom is -0.372 e. The number of unbranched alkanes of at least 4 members (excludes halogenated alkanes) is 2. The molecule has 0 bridgehead atoms. The predicted molar refractivity (Wildman–Crippen MR) is 67.4 cm³/mol. The van der Waals surface area contributed by atoms with E-state index >= 15 is 0 Å². The van der Waals surface area contributed by atoms with Crippen LogP contribution in [0.4, 0.5) is 10.1 Å². The highest BCUT2D eigenvalue weighted by Gasteiger charge is 2.05. The summed E-state index contributed by atoms with van der Waals surface area (Å²) in [5.74, 6) is -0.139.